The van der Waals surface area contributed by atoms with Gasteiger partial charge >= 0.3 is 0 Å². The first kappa shape index (κ1) is 13.9. The second kappa shape index (κ2) is 5.22. The van der Waals surface area contributed by atoms with E-state index in [9.17, 15) is 5.11 Å². The van der Waals surface area contributed by atoms with E-state index in [0.717, 1.165) is 44.3 Å². The number of rotatable bonds is 3. The summed E-state index contributed by atoms with van der Waals surface area (Å²) in [6.45, 7) is 5.29. The van der Waals surface area contributed by atoms with Crippen LogP contribution in [0, 0.1) is 5.41 Å². The fourth-order valence-electron chi connectivity index (χ4n) is 2.97. The van der Waals surface area contributed by atoms with Crippen LogP contribution in [-0.2, 0) is 9.47 Å². The second-order valence-corrected chi connectivity index (χ2v) is 6.43. The Balaban J connectivity index is 2.10. The van der Waals surface area contributed by atoms with E-state index < -0.39 is 11.7 Å². The molecule has 0 aromatic rings. The van der Waals surface area contributed by atoms with E-state index in [2.05, 4.69) is 13.8 Å². The average molecular weight is 254 g/mol. The first-order valence-electron chi connectivity index (χ1n) is 7.05. The lowest BCUT2D eigenvalue weighted by molar-refractivity contribution is -0.137. The fraction of sp³-hybridized carbons (Fsp3) is 0.867. The molecule has 1 heterocycles. The van der Waals surface area contributed by atoms with Gasteiger partial charge in [0.05, 0.1) is 6.61 Å². The molecular formula is C15H26O3. The van der Waals surface area contributed by atoms with Crippen LogP contribution in [0.1, 0.15) is 52.4 Å². The Hall–Kier alpha value is -0.540. The Kier molecular flexibility index (Phi) is 4.02. The van der Waals surface area contributed by atoms with E-state index in [1.807, 2.05) is 6.08 Å². The molecule has 0 aromatic heterocycles. The molecule has 0 bridgehead atoms. The van der Waals surface area contributed by atoms with Crippen LogP contribution in [0.15, 0.2) is 11.8 Å². The van der Waals surface area contributed by atoms with Crippen molar-refractivity contribution in [2.75, 3.05) is 13.7 Å². The predicted octanol–water partition coefficient (Wildman–Crippen LogP) is 3.03. The summed E-state index contributed by atoms with van der Waals surface area (Å²) in [5.74, 6) is 0.725. The fourth-order valence-corrected chi connectivity index (χ4v) is 2.97. The molecule has 1 aliphatic carbocycles. The minimum Gasteiger partial charge on any atom is -0.495 e. The molecule has 1 saturated carbocycles. The van der Waals surface area contributed by atoms with E-state index in [1.165, 1.54) is 0 Å². The molecule has 3 nitrogen and oxygen atoms in total. The molecule has 3 heteroatoms. The monoisotopic (exact) mass is 254 g/mol. The summed E-state index contributed by atoms with van der Waals surface area (Å²) in [6.07, 6.45) is 7.43. The van der Waals surface area contributed by atoms with Crippen molar-refractivity contribution in [3.8, 4) is 0 Å². The van der Waals surface area contributed by atoms with Crippen LogP contribution < -0.4 is 0 Å². The van der Waals surface area contributed by atoms with E-state index in [-0.39, 0.29) is 0 Å². The van der Waals surface area contributed by atoms with E-state index in [0.29, 0.717) is 12.0 Å². The predicted molar refractivity (Wildman–Crippen MR) is 71.3 cm³/mol. The third-order valence-corrected chi connectivity index (χ3v) is 4.59. The molecule has 2 rings (SSSR count). The number of hydrogen-bond donors (Lipinski definition) is 1. The van der Waals surface area contributed by atoms with Crippen molar-refractivity contribution in [3.63, 3.8) is 0 Å². The minimum absolute atomic E-state index is 0.365. The zero-order valence-corrected chi connectivity index (χ0v) is 11.9. The highest BCUT2D eigenvalue weighted by Gasteiger charge is 2.45. The van der Waals surface area contributed by atoms with Crippen molar-refractivity contribution < 1.29 is 14.6 Å². The standard InChI is InChI=1S/C15H26O3/c1-14(2)7-9-15(17-3,10-8-14)13(16)12-6-4-5-11-18-12/h6,13,16H,4-5,7-11H2,1-3H3. The first-order chi connectivity index (χ1) is 8.49. The van der Waals surface area contributed by atoms with Crippen LogP contribution >= 0.6 is 0 Å². The quantitative estimate of drug-likeness (QED) is 0.841. The lowest BCUT2D eigenvalue weighted by atomic mass is 9.68. The zero-order valence-electron chi connectivity index (χ0n) is 11.9. The molecular weight excluding hydrogens is 228 g/mol. The van der Waals surface area contributed by atoms with Gasteiger partial charge in [0.2, 0.25) is 0 Å². The zero-order chi connectivity index (χ0) is 13.2. The summed E-state index contributed by atoms with van der Waals surface area (Å²) in [5.41, 5.74) is -0.0811. The number of aliphatic hydroxyl groups is 1. The van der Waals surface area contributed by atoms with Gasteiger partial charge in [-0.2, -0.15) is 0 Å². The van der Waals surface area contributed by atoms with Gasteiger partial charge in [0.15, 0.2) is 0 Å². The molecule has 0 spiro atoms. The molecule has 1 atom stereocenters. The highest BCUT2D eigenvalue weighted by Crippen LogP contribution is 2.44. The molecule has 0 saturated heterocycles. The number of methoxy groups -OCH3 is 1. The second-order valence-electron chi connectivity index (χ2n) is 6.43. The summed E-state index contributed by atoms with van der Waals surface area (Å²) in [5, 5.41) is 10.6. The topological polar surface area (TPSA) is 38.7 Å². The number of hydrogen-bond acceptors (Lipinski definition) is 3. The molecule has 18 heavy (non-hydrogen) atoms. The van der Waals surface area contributed by atoms with Crippen molar-refractivity contribution in [1.82, 2.24) is 0 Å². The summed E-state index contributed by atoms with van der Waals surface area (Å²) < 4.78 is 11.3. The normalized spacial score (nSPS) is 28.1. The van der Waals surface area contributed by atoms with Gasteiger partial charge in [-0.3, -0.25) is 0 Å². The van der Waals surface area contributed by atoms with E-state index in [4.69, 9.17) is 9.47 Å². The molecule has 2 aliphatic rings. The van der Waals surface area contributed by atoms with Crippen molar-refractivity contribution in [3.05, 3.63) is 11.8 Å². The molecule has 0 amide bonds. The molecule has 1 fully saturated rings. The van der Waals surface area contributed by atoms with Gasteiger partial charge in [-0.25, -0.2) is 0 Å². The van der Waals surface area contributed by atoms with Gasteiger partial charge in [-0.1, -0.05) is 13.8 Å². The van der Waals surface area contributed by atoms with Crippen molar-refractivity contribution in [2.24, 2.45) is 5.41 Å². The number of ether oxygens (including phenoxy) is 2. The van der Waals surface area contributed by atoms with Crippen LogP contribution in [0.2, 0.25) is 0 Å². The van der Waals surface area contributed by atoms with E-state index in [1.54, 1.807) is 7.11 Å². The Morgan fingerprint density at radius 3 is 2.44 bits per heavy atom. The van der Waals surface area contributed by atoms with Gasteiger partial charge in [0, 0.05) is 7.11 Å². The van der Waals surface area contributed by atoms with Gasteiger partial charge in [0.1, 0.15) is 17.5 Å². The maximum atomic E-state index is 10.6. The first-order valence-corrected chi connectivity index (χ1v) is 7.05. The summed E-state index contributed by atoms with van der Waals surface area (Å²) in [7, 11) is 1.71. The van der Waals surface area contributed by atoms with Crippen molar-refractivity contribution in [1.29, 1.82) is 0 Å². The van der Waals surface area contributed by atoms with Crippen molar-refractivity contribution >= 4 is 0 Å². The number of allylic oxidation sites excluding steroid dienone is 1. The highest BCUT2D eigenvalue weighted by molar-refractivity contribution is 5.11. The molecule has 104 valence electrons. The lowest BCUT2D eigenvalue weighted by Crippen LogP contribution is -2.49. The summed E-state index contributed by atoms with van der Waals surface area (Å²) in [6, 6.07) is 0. The van der Waals surface area contributed by atoms with E-state index >= 15 is 0 Å². The van der Waals surface area contributed by atoms with Crippen LogP contribution in [0.25, 0.3) is 0 Å². The lowest BCUT2D eigenvalue weighted by Gasteiger charge is -2.45. The Labute approximate surface area is 110 Å². The molecule has 0 aromatic carbocycles. The van der Waals surface area contributed by atoms with Crippen LogP contribution in [-0.4, -0.2) is 30.5 Å². The van der Waals surface area contributed by atoms with Gasteiger partial charge < -0.3 is 14.6 Å². The average Bonchev–Trinajstić information content (AvgIpc) is 2.40. The van der Waals surface area contributed by atoms with Crippen LogP contribution in [0.5, 0.6) is 0 Å². The number of aliphatic hydroxyl groups excluding tert-OH is 1. The molecule has 0 radical (unpaired) electrons. The van der Waals surface area contributed by atoms with Gasteiger partial charge in [-0.15, -0.1) is 0 Å². The third-order valence-electron chi connectivity index (χ3n) is 4.59. The maximum absolute atomic E-state index is 10.6. The van der Waals surface area contributed by atoms with Gasteiger partial charge in [0.25, 0.3) is 0 Å². The molecule has 1 aliphatic heterocycles. The molecule has 1 N–H and O–H groups in total. The Bertz CT molecular complexity index is 310. The Morgan fingerprint density at radius 2 is 1.94 bits per heavy atom. The smallest absolute Gasteiger partial charge is 0.139 e. The minimum atomic E-state index is -0.612. The van der Waals surface area contributed by atoms with Gasteiger partial charge in [-0.05, 0) is 50.0 Å². The SMILES string of the molecule is COC1(C(O)C2=CCCCO2)CCC(C)(C)CC1. The molecule has 1 unspecified atom stereocenters. The summed E-state index contributed by atoms with van der Waals surface area (Å²) in [4.78, 5) is 0. The van der Waals surface area contributed by atoms with Crippen molar-refractivity contribution in [2.45, 2.75) is 64.1 Å². The van der Waals surface area contributed by atoms with Crippen LogP contribution in [0.4, 0.5) is 0 Å². The summed E-state index contributed by atoms with van der Waals surface area (Å²) >= 11 is 0. The Morgan fingerprint density at radius 1 is 1.28 bits per heavy atom. The van der Waals surface area contributed by atoms with Crippen LogP contribution in [0.3, 0.4) is 0 Å². The third kappa shape index (κ3) is 2.72. The maximum Gasteiger partial charge on any atom is 0.139 e. The highest BCUT2D eigenvalue weighted by atomic mass is 16.5. The largest absolute Gasteiger partial charge is 0.495 e.